The largest absolute Gasteiger partial charge is 0.350 e. The lowest BCUT2D eigenvalue weighted by molar-refractivity contribution is -0.123. The van der Waals surface area contributed by atoms with Crippen LogP contribution < -0.4 is 10.6 Å². The van der Waals surface area contributed by atoms with Crippen LogP contribution in [0.25, 0.3) is 16.5 Å². The van der Waals surface area contributed by atoms with Gasteiger partial charge < -0.3 is 14.5 Å². The molecule has 0 bridgehead atoms. The molecule has 2 N–H and O–H groups in total. The van der Waals surface area contributed by atoms with Gasteiger partial charge in [-0.15, -0.1) is 0 Å². The first-order valence-electron chi connectivity index (χ1n) is 10.6. The molecular formula is C25H23N5O2. The summed E-state index contributed by atoms with van der Waals surface area (Å²) in [5, 5.41) is 6.53. The van der Waals surface area contributed by atoms with Crippen molar-refractivity contribution >= 4 is 34.0 Å². The third-order valence-electron chi connectivity index (χ3n) is 5.75. The van der Waals surface area contributed by atoms with Gasteiger partial charge in [0.1, 0.15) is 11.5 Å². The summed E-state index contributed by atoms with van der Waals surface area (Å²) in [6.45, 7) is 3.63. The molecule has 7 heteroatoms. The molecule has 0 saturated heterocycles. The molecule has 0 spiro atoms. The number of imide groups is 1. The number of benzene rings is 2. The predicted molar refractivity (Wildman–Crippen MR) is 124 cm³/mol. The van der Waals surface area contributed by atoms with Crippen molar-refractivity contribution < 1.29 is 9.59 Å². The molecule has 2 amide bonds. The number of carbonyl (C=O) groups excluding carboxylic acids is 2. The van der Waals surface area contributed by atoms with Crippen molar-refractivity contribution in [2.45, 2.75) is 26.4 Å². The number of imidazole rings is 1. The van der Waals surface area contributed by atoms with Gasteiger partial charge in [-0.05, 0) is 31.5 Å². The molecule has 0 aliphatic carbocycles. The molecule has 1 aliphatic heterocycles. The van der Waals surface area contributed by atoms with Crippen LogP contribution in [0.1, 0.15) is 17.8 Å². The Hall–Kier alpha value is -4.13. The van der Waals surface area contributed by atoms with Crippen LogP contribution in [0, 0.1) is 6.92 Å². The molecule has 3 heterocycles. The minimum Gasteiger partial charge on any atom is -0.350 e. The zero-order valence-electron chi connectivity index (χ0n) is 17.7. The van der Waals surface area contributed by atoms with Crippen molar-refractivity contribution in [3.8, 4) is 0 Å². The summed E-state index contributed by atoms with van der Waals surface area (Å²) in [6, 6.07) is 17.4. The quantitative estimate of drug-likeness (QED) is 0.442. The minimum absolute atomic E-state index is 0.276. The highest BCUT2D eigenvalue weighted by molar-refractivity contribution is 6.38. The minimum atomic E-state index is -0.415. The average Bonchev–Trinajstić information content (AvgIpc) is 3.45. The van der Waals surface area contributed by atoms with Crippen molar-refractivity contribution in [3.05, 3.63) is 90.3 Å². The number of anilines is 1. The van der Waals surface area contributed by atoms with E-state index in [9.17, 15) is 9.59 Å². The SMILES string of the molecule is Cc1nccn1CCCn1cc(C2=C(Nc3ccccc3)C(=O)NC2=O)c2ccccc21. The second-order valence-electron chi connectivity index (χ2n) is 7.80. The maximum Gasteiger partial charge on any atom is 0.275 e. The first kappa shape index (κ1) is 19.8. The summed E-state index contributed by atoms with van der Waals surface area (Å²) < 4.78 is 4.28. The summed E-state index contributed by atoms with van der Waals surface area (Å²) in [6.07, 6.45) is 6.68. The van der Waals surface area contributed by atoms with Crippen LogP contribution in [0.15, 0.2) is 78.9 Å². The van der Waals surface area contributed by atoms with Crippen LogP contribution in [-0.2, 0) is 22.7 Å². The Balaban J connectivity index is 1.52. The molecule has 160 valence electrons. The van der Waals surface area contributed by atoms with E-state index in [2.05, 4.69) is 24.8 Å². The highest BCUT2D eigenvalue weighted by atomic mass is 16.2. The molecule has 5 rings (SSSR count). The van der Waals surface area contributed by atoms with Gasteiger partial charge in [0.15, 0.2) is 0 Å². The molecule has 0 saturated carbocycles. The lowest BCUT2D eigenvalue weighted by Gasteiger charge is -2.07. The van der Waals surface area contributed by atoms with Crippen molar-refractivity contribution in [2.24, 2.45) is 0 Å². The summed E-state index contributed by atoms with van der Waals surface area (Å²) >= 11 is 0. The fourth-order valence-electron chi connectivity index (χ4n) is 4.18. The molecule has 0 fully saturated rings. The summed E-state index contributed by atoms with van der Waals surface area (Å²) in [5.74, 6) is 0.192. The Morgan fingerprint density at radius 2 is 1.69 bits per heavy atom. The highest BCUT2D eigenvalue weighted by Gasteiger charge is 2.33. The normalized spacial score (nSPS) is 13.8. The molecule has 0 radical (unpaired) electrons. The third kappa shape index (κ3) is 3.58. The first-order valence-corrected chi connectivity index (χ1v) is 10.6. The van der Waals surface area contributed by atoms with E-state index in [1.54, 1.807) is 0 Å². The molecule has 0 atom stereocenters. The van der Waals surface area contributed by atoms with E-state index in [1.165, 1.54) is 0 Å². The molecule has 4 aromatic rings. The van der Waals surface area contributed by atoms with Crippen LogP contribution in [0.2, 0.25) is 0 Å². The van der Waals surface area contributed by atoms with Gasteiger partial charge in [0, 0.05) is 53.8 Å². The zero-order valence-corrected chi connectivity index (χ0v) is 17.7. The van der Waals surface area contributed by atoms with Crippen LogP contribution in [0.3, 0.4) is 0 Å². The molecule has 2 aromatic carbocycles. The number of hydrogen-bond acceptors (Lipinski definition) is 4. The summed E-state index contributed by atoms with van der Waals surface area (Å²) in [4.78, 5) is 29.7. The molecule has 0 unspecified atom stereocenters. The summed E-state index contributed by atoms with van der Waals surface area (Å²) in [7, 11) is 0. The average molecular weight is 425 g/mol. The van der Waals surface area contributed by atoms with Crippen LogP contribution in [-0.4, -0.2) is 25.9 Å². The van der Waals surface area contributed by atoms with Gasteiger partial charge in [0.2, 0.25) is 0 Å². The maximum atomic E-state index is 12.8. The van der Waals surface area contributed by atoms with E-state index in [1.807, 2.05) is 80.1 Å². The van der Waals surface area contributed by atoms with E-state index in [4.69, 9.17) is 0 Å². The van der Waals surface area contributed by atoms with E-state index >= 15 is 0 Å². The van der Waals surface area contributed by atoms with Gasteiger partial charge in [-0.2, -0.15) is 0 Å². The highest BCUT2D eigenvalue weighted by Crippen LogP contribution is 2.32. The molecule has 32 heavy (non-hydrogen) atoms. The molecule has 2 aromatic heterocycles. The lowest BCUT2D eigenvalue weighted by Crippen LogP contribution is -2.24. The number of nitrogens with zero attached hydrogens (tertiary/aromatic N) is 3. The number of hydrogen-bond donors (Lipinski definition) is 2. The molecule has 1 aliphatic rings. The Kier molecular flexibility index (Phi) is 5.07. The standard InChI is InChI=1S/C25H23N5O2/c1-17-26-12-15-29(17)13-7-14-30-16-20(19-10-5-6-11-21(19)30)22-23(25(32)28-24(22)31)27-18-8-3-2-4-9-18/h2-6,8-12,15-16H,7,13-14H2,1H3,(H2,27,28,31,32). The van der Waals surface area contributed by atoms with Crippen LogP contribution >= 0.6 is 0 Å². The van der Waals surface area contributed by atoms with Crippen molar-refractivity contribution in [3.63, 3.8) is 0 Å². The van der Waals surface area contributed by atoms with Gasteiger partial charge in [-0.1, -0.05) is 36.4 Å². The van der Waals surface area contributed by atoms with E-state index < -0.39 is 5.91 Å². The number of aromatic nitrogens is 3. The molecule has 7 nitrogen and oxygen atoms in total. The lowest BCUT2D eigenvalue weighted by atomic mass is 10.0. The number of rotatable bonds is 7. The first-order chi connectivity index (χ1) is 15.6. The topological polar surface area (TPSA) is 81.0 Å². The van der Waals surface area contributed by atoms with Crippen LogP contribution in [0.4, 0.5) is 5.69 Å². The number of nitrogens with one attached hydrogen (secondary N) is 2. The van der Waals surface area contributed by atoms with E-state index in [0.29, 0.717) is 5.57 Å². The smallest absolute Gasteiger partial charge is 0.275 e. The fraction of sp³-hybridized carbons (Fsp3) is 0.160. The van der Waals surface area contributed by atoms with Gasteiger partial charge >= 0.3 is 0 Å². The Morgan fingerprint density at radius 1 is 0.938 bits per heavy atom. The van der Waals surface area contributed by atoms with Gasteiger partial charge in [-0.3, -0.25) is 14.9 Å². The maximum absolute atomic E-state index is 12.8. The fourth-order valence-corrected chi connectivity index (χ4v) is 4.18. The number of amides is 2. The third-order valence-corrected chi connectivity index (χ3v) is 5.75. The van der Waals surface area contributed by atoms with E-state index in [0.717, 1.165) is 47.5 Å². The number of aryl methyl sites for hydroxylation is 3. The zero-order chi connectivity index (χ0) is 22.1. The Morgan fingerprint density at radius 3 is 2.47 bits per heavy atom. The van der Waals surface area contributed by atoms with E-state index in [-0.39, 0.29) is 11.6 Å². The van der Waals surface area contributed by atoms with Crippen molar-refractivity contribution in [1.29, 1.82) is 0 Å². The molecular weight excluding hydrogens is 402 g/mol. The van der Waals surface area contributed by atoms with Crippen molar-refractivity contribution in [1.82, 2.24) is 19.4 Å². The summed E-state index contributed by atoms with van der Waals surface area (Å²) in [5.41, 5.74) is 3.19. The monoisotopic (exact) mass is 425 g/mol. The Labute approximate surface area is 185 Å². The number of fused-ring (bicyclic) bond motifs is 1. The van der Waals surface area contributed by atoms with Gasteiger partial charge in [-0.25, -0.2) is 4.98 Å². The van der Waals surface area contributed by atoms with Crippen LogP contribution in [0.5, 0.6) is 0 Å². The number of carbonyl (C=O) groups is 2. The second-order valence-corrected chi connectivity index (χ2v) is 7.80. The predicted octanol–water partition coefficient (Wildman–Crippen LogP) is 3.72. The van der Waals surface area contributed by atoms with Gasteiger partial charge in [0.25, 0.3) is 11.8 Å². The number of para-hydroxylation sites is 2. The second kappa shape index (κ2) is 8.19. The van der Waals surface area contributed by atoms with Crippen molar-refractivity contribution in [2.75, 3.05) is 5.32 Å². The Bertz CT molecular complexity index is 1350. The van der Waals surface area contributed by atoms with Gasteiger partial charge in [0.05, 0.1) is 5.57 Å².